The maximum Gasteiger partial charge on any atom is 0.128 e. The van der Waals surface area contributed by atoms with E-state index in [1.54, 1.807) is 0 Å². The monoisotopic (exact) mass is 247 g/mol. The third-order valence-electron chi connectivity index (χ3n) is 2.78. The van der Waals surface area contributed by atoms with E-state index in [0.29, 0.717) is 0 Å². The Morgan fingerprint density at radius 1 is 1.39 bits per heavy atom. The molecule has 18 heavy (non-hydrogen) atoms. The van der Waals surface area contributed by atoms with Gasteiger partial charge in [-0.3, -0.25) is 0 Å². The molecule has 0 saturated heterocycles. The molecule has 0 unspecified atom stereocenters. The fourth-order valence-electron chi connectivity index (χ4n) is 1.62. The van der Waals surface area contributed by atoms with Gasteiger partial charge in [-0.25, -0.2) is 4.98 Å². The summed E-state index contributed by atoms with van der Waals surface area (Å²) in [6, 6.07) is 4.21. The summed E-state index contributed by atoms with van der Waals surface area (Å²) in [6.45, 7) is 14.0. The van der Waals surface area contributed by atoms with Gasteiger partial charge < -0.3 is 10.2 Å². The Bertz CT molecular complexity index is 405. The number of aryl methyl sites for hydroxylation is 1. The largest absolute Gasteiger partial charge is 0.356 e. The highest BCUT2D eigenvalue weighted by atomic mass is 15.2. The molecule has 0 saturated carbocycles. The summed E-state index contributed by atoms with van der Waals surface area (Å²) in [4.78, 5) is 6.71. The third kappa shape index (κ3) is 4.49. The van der Waals surface area contributed by atoms with E-state index in [1.807, 2.05) is 13.1 Å². The second-order valence-electron chi connectivity index (χ2n) is 5.69. The number of nitrogens with one attached hydrogen (secondary N) is 1. The number of nitrogens with zero attached hydrogens (tertiary/aromatic N) is 2. The average molecular weight is 247 g/mol. The predicted octanol–water partition coefficient (Wildman–Crippen LogP) is 2.90. The van der Waals surface area contributed by atoms with Crippen LogP contribution in [0.25, 0.3) is 0 Å². The molecule has 0 amide bonds. The minimum absolute atomic E-state index is 0.130. The van der Waals surface area contributed by atoms with E-state index in [4.69, 9.17) is 0 Å². The normalized spacial score (nSPS) is 11.4. The number of rotatable bonds is 5. The van der Waals surface area contributed by atoms with Crippen molar-refractivity contribution in [3.8, 4) is 0 Å². The van der Waals surface area contributed by atoms with Crippen LogP contribution < -0.4 is 10.2 Å². The number of hydrogen-bond acceptors (Lipinski definition) is 3. The first kappa shape index (κ1) is 14.7. The lowest BCUT2D eigenvalue weighted by Crippen LogP contribution is -2.35. The average Bonchev–Trinajstić information content (AvgIpc) is 2.26. The first-order chi connectivity index (χ1) is 8.33. The molecule has 0 aliphatic rings. The number of pyridine rings is 1. The smallest absolute Gasteiger partial charge is 0.128 e. The van der Waals surface area contributed by atoms with Crippen molar-refractivity contribution < 1.29 is 0 Å². The van der Waals surface area contributed by atoms with Gasteiger partial charge in [0.2, 0.25) is 0 Å². The van der Waals surface area contributed by atoms with Gasteiger partial charge >= 0.3 is 0 Å². The molecule has 1 N–H and O–H groups in total. The molecule has 0 aliphatic heterocycles. The van der Waals surface area contributed by atoms with Crippen molar-refractivity contribution in [2.24, 2.45) is 0 Å². The van der Waals surface area contributed by atoms with Crippen LogP contribution in [0.5, 0.6) is 0 Å². The van der Waals surface area contributed by atoms with E-state index in [0.717, 1.165) is 24.6 Å². The minimum Gasteiger partial charge on any atom is -0.356 e. The van der Waals surface area contributed by atoms with Gasteiger partial charge in [0.05, 0.1) is 0 Å². The fraction of sp³-hybridized carbons (Fsp3) is 0.533. The second-order valence-corrected chi connectivity index (χ2v) is 5.69. The van der Waals surface area contributed by atoms with Crippen LogP contribution in [-0.4, -0.2) is 24.1 Å². The van der Waals surface area contributed by atoms with Gasteiger partial charge in [-0.05, 0) is 39.3 Å². The molecule has 3 heteroatoms. The third-order valence-corrected chi connectivity index (χ3v) is 2.78. The molecule has 3 nitrogen and oxygen atoms in total. The molecule has 0 aromatic carbocycles. The van der Waals surface area contributed by atoms with E-state index >= 15 is 0 Å². The highest BCUT2D eigenvalue weighted by Crippen LogP contribution is 2.14. The Kier molecular flexibility index (Phi) is 4.91. The molecule has 0 radical (unpaired) electrons. The molecule has 0 spiro atoms. The zero-order valence-electron chi connectivity index (χ0n) is 12.2. The summed E-state index contributed by atoms with van der Waals surface area (Å²) in [5.41, 5.74) is 2.46. The Morgan fingerprint density at radius 2 is 2.06 bits per heavy atom. The van der Waals surface area contributed by atoms with Gasteiger partial charge in [0.1, 0.15) is 5.82 Å². The molecule has 100 valence electrons. The summed E-state index contributed by atoms with van der Waals surface area (Å²) in [5, 5.41) is 3.48. The lowest BCUT2D eigenvalue weighted by molar-refractivity contribution is 0.423. The first-order valence-corrected chi connectivity index (χ1v) is 6.37. The Hall–Kier alpha value is -1.35. The molecular formula is C15H25N3. The van der Waals surface area contributed by atoms with Crippen LogP contribution in [0.15, 0.2) is 24.8 Å². The molecule has 0 aliphatic carbocycles. The first-order valence-electron chi connectivity index (χ1n) is 6.37. The highest BCUT2D eigenvalue weighted by molar-refractivity contribution is 5.41. The Labute approximate surface area is 111 Å². The van der Waals surface area contributed by atoms with Crippen LogP contribution in [0.1, 0.15) is 32.0 Å². The van der Waals surface area contributed by atoms with Crippen molar-refractivity contribution in [3.63, 3.8) is 0 Å². The molecule has 1 aromatic rings. The standard InChI is InChI=1S/C15H25N3/c1-7-10-18(6)14-9-8-13(12(2)17-14)11-16-15(3,4)5/h7-9,16H,1,10-11H2,2-6H3. The molecule has 0 atom stereocenters. The minimum atomic E-state index is 0.130. The van der Waals surface area contributed by atoms with Crippen molar-refractivity contribution in [1.29, 1.82) is 0 Å². The number of anilines is 1. The second kappa shape index (κ2) is 6.01. The molecule has 0 bridgehead atoms. The van der Waals surface area contributed by atoms with Crippen molar-refractivity contribution in [3.05, 3.63) is 36.0 Å². The molecule has 1 aromatic heterocycles. The zero-order valence-corrected chi connectivity index (χ0v) is 12.2. The van der Waals surface area contributed by atoms with Crippen molar-refractivity contribution >= 4 is 5.82 Å². The molecule has 0 fully saturated rings. The van der Waals surface area contributed by atoms with Crippen LogP contribution in [0, 0.1) is 6.92 Å². The summed E-state index contributed by atoms with van der Waals surface area (Å²) in [5.74, 6) is 0.993. The number of aromatic nitrogens is 1. The van der Waals surface area contributed by atoms with Crippen LogP contribution in [0.4, 0.5) is 5.82 Å². The van der Waals surface area contributed by atoms with Crippen molar-refractivity contribution in [2.45, 2.75) is 39.8 Å². The van der Waals surface area contributed by atoms with Crippen molar-refractivity contribution in [1.82, 2.24) is 10.3 Å². The quantitative estimate of drug-likeness (QED) is 0.811. The summed E-state index contributed by atoms with van der Waals surface area (Å²) < 4.78 is 0. The van der Waals surface area contributed by atoms with Gasteiger partial charge in [-0.2, -0.15) is 0 Å². The predicted molar refractivity (Wildman–Crippen MR) is 79.0 cm³/mol. The van der Waals surface area contributed by atoms with E-state index in [9.17, 15) is 0 Å². The van der Waals surface area contributed by atoms with Crippen LogP contribution in [-0.2, 0) is 6.54 Å². The van der Waals surface area contributed by atoms with E-state index in [-0.39, 0.29) is 5.54 Å². The maximum atomic E-state index is 4.63. The summed E-state index contributed by atoms with van der Waals surface area (Å²) >= 11 is 0. The van der Waals surface area contributed by atoms with Gasteiger partial charge in [-0.1, -0.05) is 12.1 Å². The fourth-order valence-corrected chi connectivity index (χ4v) is 1.62. The van der Waals surface area contributed by atoms with Crippen LogP contribution in [0.3, 0.4) is 0 Å². The molecule has 1 rings (SSSR count). The van der Waals surface area contributed by atoms with Gasteiger partial charge in [0.15, 0.2) is 0 Å². The lowest BCUT2D eigenvalue weighted by atomic mass is 10.1. The lowest BCUT2D eigenvalue weighted by Gasteiger charge is -2.22. The number of likely N-dealkylation sites (N-methyl/N-ethyl adjacent to an activating group) is 1. The number of hydrogen-bond donors (Lipinski definition) is 1. The zero-order chi connectivity index (χ0) is 13.8. The maximum absolute atomic E-state index is 4.63. The Balaban J connectivity index is 2.76. The highest BCUT2D eigenvalue weighted by Gasteiger charge is 2.10. The van der Waals surface area contributed by atoms with Gasteiger partial charge in [0, 0.05) is 31.4 Å². The van der Waals surface area contributed by atoms with E-state index < -0.39 is 0 Å². The Morgan fingerprint density at radius 3 is 2.56 bits per heavy atom. The molecular weight excluding hydrogens is 222 g/mol. The summed E-state index contributed by atoms with van der Waals surface area (Å²) in [6.07, 6.45) is 1.88. The topological polar surface area (TPSA) is 28.2 Å². The SMILES string of the molecule is C=CCN(C)c1ccc(CNC(C)(C)C)c(C)n1. The van der Waals surface area contributed by atoms with Crippen molar-refractivity contribution in [2.75, 3.05) is 18.5 Å². The van der Waals surface area contributed by atoms with Crippen LogP contribution >= 0.6 is 0 Å². The van der Waals surface area contributed by atoms with Gasteiger partial charge in [0.25, 0.3) is 0 Å². The summed E-state index contributed by atoms with van der Waals surface area (Å²) in [7, 11) is 2.02. The van der Waals surface area contributed by atoms with Crippen LogP contribution in [0.2, 0.25) is 0 Å². The van der Waals surface area contributed by atoms with E-state index in [1.165, 1.54) is 5.56 Å². The molecule has 1 heterocycles. The van der Waals surface area contributed by atoms with Gasteiger partial charge in [-0.15, -0.1) is 6.58 Å². The van der Waals surface area contributed by atoms with E-state index in [2.05, 4.69) is 61.6 Å².